The second kappa shape index (κ2) is 5.36. The number of aryl methyl sites for hydroxylation is 1. The predicted molar refractivity (Wildman–Crippen MR) is 73.9 cm³/mol. The van der Waals surface area contributed by atoms with Gasteiger partial charge in [-0.1, -0.05) is 60.2 Å². The Hall–Kier alpha value is -1.61. The summed E-state index contributed by atoms with van der Waals surface area (Å²) >= 11 is 0. The van der Waals surface area contributed by atoms with E-state index in [-0.39, 0.29) is 11.5 Å². The van der Waals surface area contributed by atoms with Gasteiger partial charge in [0.15, 0.2) is 9.84 Å². The van der Waals surface area contributed by atoms with Crippen LogP contribution < -0.4 is 0 Å². The third-order valence-electron chi connectivity index (χ3n) is 2.74. The molecule has 2 rings (SSSR count). The molecule has 0 atom stereocenters. The summed E-state index contributed by atoms with van der Waals surface area (Å²) in [5.41, 5.74) is 2.82. The Morgan fingerprint density at radius 3 is 1.83 bits per heavy atom. The summed E-state index contributed by atoms with van der Waals surface area (Å²) in [6.45, 7) is 1.99. The summed E-state index contributed by atoms with van der Waals surface area (Å²) < 4.78 is 24.1. The first kappa shape index (κ1) is 12.8. The van der Waals surface area contributed by atoms with Crippen molar-refractivity contribution in [2.45, 2.75) is 18.4 Å². The highest BCUT2D eigenvalue weighted by Crippen LogP contribution is 2.13. The molecule has 0 saturated heterocycles. The second-order valence-corrected chi connectivity index (χ2v) is 6.57. The Bertz CT molecular complexity index is 599. The third-order valence-corrected chi connectivity index (χ3v) is 4.28. The lowest BCUT2D eigenvalue weighted by atomic mass is 10.2. The van der Waals surface area contributed by atoms with Crippen molar-refractivity contribution in [1.82, 2.24) is 0 Å². The van der Waals surface area contributed by atoms with Gasteiger partial charge in [0.2, 0.25) is 0 Å². The number of hydrogen-bond acceptors (Lipinski definition) is 2. The molecule has 0 aliphatic rings. The monoisotopic (exact) mass is 260 g/mol. The van der Waals surface area contributed by atoms with Crippen LogP contribution in [0.5, 0.6) is 0 Å². The second-order valence-electron chi connectivity index (χ2n) is 4.50. The molecule has 0 N–H and O–H groups in total. The molecular formula is C15H16O2S. The smallest absolute Gasteiger partial charge is 0.158 e. The van der Waals surface area contributed by atoms with Crippen LogP contribution in [0.3, 0.4) is 0 Å². The van der Waals surface area contributed by atoms with Crippen molar-refractivity contribution >= 4 is 9.84 Å². The van der Waals surface area contributed by atoms with Gasteiger partial charge >= 0.3 is 0 Å². The molecule has 94 valence electrons. The van der Waals surface area contributed by atoms with E-state index in [1.54, 1.807) is 0 Å². The van der Waals surface area contributed by atoms with Gasteiger partial charge in [-0.15, -0.1) is 0 Å². The fourth-order valence-corrected chi connectivity index (χ4v) is 3.32. The molecule has 0 aromatic heterocycles. The standard InChI is InChI=1S/C15H16O2S/c1-13-7-9-15(10-8-13)12-18(16,17)11-14-5-3-2-4-6-14/h2-10H,11-12H2,1H3. The molecule has 0 spiro atoms. The molecule has 0 bridgehead atoms. The van der Waals surface area contributed by atoms with Gasteiger partial charge in [0.25, 0.3) is 0 Å². The topological polar surface area (TPSA) is 34.1 Å². The number of sulfone groups is 1. The maximum Gasteiger partial charge on any atom is 0.158 e. The Balaban J connectivity index is 2.10. The molecule has 0 saturated carbocycles. The van der Waals surface area contributed by atoms with E-state index in [0.29, 0.717) is 0 Å². The fraction of sp³-hybridized carbons (Fsp3) is 0.200. The van der Waals surface area contributed by atoms with E-state index in [1.807, 2.05) is 61.5 Å². The number of hydrogen-bond donors (Lipinski definition) is 0. The van der Waals surface area contributed by atoms with Crippen LogP contribution in [0.2, 0.25) is 0 Å². The predicted octanol–water partition coefficient (Wildman–Crippen LogP) is 3.11. The van der Waals surface area contributed by atoms with E-state index in [1.165, 1.54) is 0 Å². The SMILES string of the molecule is Cc1ccc(CS(=O)(=O)Cc2ccccc2)cc1. The van der Waals surface area contributed by atoms with Crippen molar-refractivity contribution in [2.75, 3.05) is 0 Å². The molecule has 0 heterocycles. The van der Waals surface area contributed by atoms with E-state index < -0.39 is 9.84 Å². The van der Waals surface area contributed by atoms with E-state index in [2.05, 4.69) is 0 Å². The van der Waals surface area contributed by atoms with Crippen molar-refractivity contribution in [2.24, 2.45) is 0 Å². The van der Waals surface area contributed by atoms with Gasteiger partial charge in [0.05, 0.1) is 11.5 Å². The molecule has 2 aromatic rings. The minimum Gasteiger partial charge on any atom is -0.228 e. The Morgan fingerprint density at radius 1 is 0.778 bits per heavy atom. The summed E-state index contributed by atoms with van der Waals surface area (Å²) in [5.74, 6) is 0.198. The Labute approximate surface area is 108 Å². The largest absolute Gasteiger partial charge is 0.228 e. The molecule has 0 amide bonds. The van der Waals surface area contributed by atoms with Crippen molar-refractivity contribution < 1.29 is 8.42 Å². The van der Waals surface area contributed by atoms with Crippen LogP contribution in [0.4, 0.5) is 0 Å². The van der Waals surface area contributed by atoms with Gasteiger partial charge in [-0.05, 0) is 18.1 Å². The highest BCUT2D eigenvalue weighted by molar-refractivity contribution is 7.89. The number of rotatable bonds is 4. The zero-order chi connectivity index (χ0) is 13.0. The first-order chi connectivity index (χ1) is 8.55. The first-order valence-corrected chi connectivity index (χ1v) is 7.67. The average molecular weight is 260 g/mol. The fourth-order valence-electron chi connectivity index (χ4n) is 1.82. The highest BCUT2D eigenvalue weighted by atomic mass is 32.2. The molecule has 0 unspecified atom stereocenters. The van der Waals surface area contributed by atoms with Crippen LogP contribution in [-0.2, 0) is 21.3 Å². The zero-order valence-corrected chi connectivity index (χ0v) is 11.2. The Kier molecular flexibility index (Phi) is 3.82. The molecular weight excluding hydrogens is 244 g/mol. The van der Waals surface area contributed by atoms with Crippen molar-refractivity contribution in [3.63, 3.8) is 0 Å². The van der Waals surface area contributed by atoms with E-state index in [9.17, 15) is 8.42 Å². The lowest BCUT2D eigenvalue weighted by Crippen LogP contribution is -2.07. The average Bonchev–Trinajstić information content (AvgIpc) is 2.32. The normalized spacial score (nSPS) is 11.4. The molecule has 0 aliphatic heterocycles. The van der Waals surface area contributed by atoms with Crippen molar-refractivity contribution in [1.29, 1.82) is 0 Å². The van der Waals surface area contributed by atoms with Crippen molar-refractivity contribution in [3.05, 3.63) is 71.3 Å². The van der Waals surface area contributed by atoms with Gasteiger partial charge in [-0.25, -0.2) is 8.42 Å². The summed E-state index contributed by atoms with van der Waals surface area (Å²) in [4.78, 5) is 0. The van der Waals surface area contributed by atoms with Crippen LogP contribution in [-0.4, -0.2) is 8.42 Å². The number of benzene rings is 2. The van der Waals surface area contributed by atoms with Crippen LogP contribution >= 0.6 is 0 Å². The minimum atomic E-state index is -3.10. The summed E-state index contributed by atoms with van der Waals surface area (Å²) in [6.07, 6.45) is 0. The third kappa shape index (κ3) is 3.70. The van der Waals surface area contributed by atoms with E-state index in [4.69, 9.17) is 0 Å². The molecule has 0 radical (unpaired) electrons. The van der Waals surface area contributed by atoms with Crippen LogP contribution in [0.15, 0.2) is 54.6 Å². The van der Waals surface area contributed by atoms with Gasteiger partial charge in [-0.2, -0.15) is 0 Å². The lowest BCUT2D eigenvalue weighted by Gasteiger charge is -2.05. The molecule has 18 heavy (non-hydrogen) atoms. The Morgan fingerprint density at radius 2 is 1.28 bits per heavy atom. The van der Waals surface area contributed by atoms with E-state index in [0.717, 1.165) is 16.7 Å². The highest BCUT2D eigenvalue weighted by Gasteiger charge is 2.12. The summed E-state index contributed by atoms with van der Waals surface area (Å²) in [6, 6.07) is 16.9. The quantitative estimate of drug-likeness (QED) is 0.846. The maximum atomic E-state index is 12.1. The van der Waals surface area contributed by atoms with Gasteiger partial charge < -0.3 is 0 Å². The van der Waals surface area contributed by atoms with Crippen molar-refractivity contribution in [3.8, 4) is 0 Å². The van der Waals surface area contributed by atoms with Crippen LogP contribution in [0.25, 0.3) is 0 Å². The molecule has 0 fully saturated rings. The maximum absolute atomic E-state index is 12.1. The molecule has 2 aromatic carbocycles. The van der Waals surface area contributed by atoms with Gasteiger partial charge in [0.1, 0.15) is 0 Å². The lowest BCUT2D eigenvalue weighted by molar-refractivity contribution is 0.594. The minimum absolute atomic E-state index is 0.0989. The van der Waals surface area contributed by atoms with E-state index >= 15 is 0 Å². The zero-order valence-electron chi connectivity index (χ0n) is 10.3. The summed E-state index contributed by atoms with van der Waals surface area (Å²) in [7, 11) is -3.10. The summed E-state index contributed by atoms with van der Waals surface area (Å²) in [5, 5.41) is 0. The van der Waals surface area contributed by atoms with Gasteiger partial charge in [-0.3, -0.25) is 0 Å². The molecule has 0 aliphatic carbocycles. The first-order valence-electron chi connectivity index (χ1n) is 5.85. The van der Waals surface area contributed by atoms with Crippen LogP contribution in [0.1, 0.15) is 16.7 Å². The van der Waals surface area contributed by atoms with Crippen LogP contribution in [0, 0.1) is 6.92 Å². The molecule has 2 nitrogen and oxygen atoms in total. The molecule has 3 heteroatoms. The van der Waals surface area contributed by atoms with Gasteiger partial charge in [0, 0.05) is 0 Å².